The summed E-state index contributed by atoms with van der Waals surface area (Å²) in [6.45, 7) is 0.663. The molecule has 1 aliphatic rings. The minimum atomic E-state index is -1.15. The molecular formula is C8H6ClNO4. The maximum absolute atomic E-state index is 10.8. The van der Waals surface area contributed by atoms with Crippen molar-refractivity contribution in [1.29, 1.82) is 0 Å². The molecule has 0 saturated carbocycles. The number of halogens is 1. The Labute approximate surface area is 84.2 Å². The second-order valence-corrected chi connectivity index (χ2v) is 3.02. The van der Waals surface area contributed by atoms with E-state index in [1.807, 2.05) is 0 Å². The molecule has 0 saturated heterocycles. The van der Waals surface area contributed by atoms with E-state index in [1.54, 1.807) is 0 Å². The molecule has 6 heteroatoms. The molecule has 1 N–H and O–H groups in total. The molecule has 0 atom stereocenters. The highest BCUT2D eigenvalue weighted by Gasteiger charge is 2.24. The van der Waals surface area contributed by atoms with Crippen molar-refractivity contribution in [3.05, 3.63) is 16.8 Å². The summed E-state index contributed by atoms with van der Waals surface area (Å²) in [6, 6.07) is 0. The van der Waals surface area contributed by atoms with Gasteiger partial charge in [-0.1, -0.05) is 11.6 Å². The lowest BCUT2D eigenvalue weighted by molar-refractivity contribution is 0.0685. The number of fused-ring (bicyclic) bond motifs is 1. The number of aromatic nitrogens is 1. The van der Waals surface area contributed by atoms with Gasteiger partial charge in [-0.2, -0.15) is 0 Å². The van der Waals surface area contributed by atoms with Crippen molar-refractivity contribution in [2.75, 3.05) is 13.2 Å². The third-order valence-electron chi connectivity index (χ3n) is 1.74. The van der Waals surface area contributed by atoms with Gasteiger partial charge >= 0.3 is 5.97 Å². The van der Waals surface area contributed by atoms with Gasteiger partial charge in [0.25, 0.3) is 5.88 Å². The van der Waals surface area contributed by atoms with Crippen molar-refractivity contribution in [3.63, 3.8) is 0 Å². The SMILES string of the molecule is O=C(O)c1c(Cl)cnc2c1OCCO2. The molecule has 1 aromatic rings. The van der Waals surface area contributed by atoms with Gasteiger partial charge in [0.2, 0.25) is 0 Å². The van der Waals surface area contributed by atoms with Crippen LogP contribution in [0.5, 0.6) is 11.6 Å². The van der Waals surface area contributed by atoms with Crippen LogP contribution in [0.25, 0.3) is 0 Å². The smallest absolute Gasteiger partial charge is 0.341 e. The largest absolute Gasteiger partial charge is 0.484 e. The van der Waals surface area contributed by atoms with Gasteiger partial charge in [0.15, 0.2) is 5.75 Å². The third-order valence-corrected chi connectivity index (χ3v) is 2.02. The molecule has 1 aliphatic heterocycles. The molecule has 0 fully saturated rings. The number of hydrogen-bond acceptors (Lipinski definition) is 4. The molecule has 0 aliphatic carbocycles. The first-order valence-corrected chi connectivity index (χ1v) is 4.25. The van der Waals surface area contributed by atoms with Crippen molar-refractivity contribution in [3.8, 4) is 11.6 Å². The van der Waals surface area contributed by atoms with Gasteiger partial charge in [0.05, 0.1) is 11.2 Å². The van der Waals surface area contributed by atoms with Crippen LogP contribution in [-0.4, -0.2) is 29.3 Å². The molecule has 2 heterocycles. The van der Waals surface area contributed by atoms with E-state index >= 15 is 0 Å². The van der Waals surface area contributed by atoms with Crippen LogP contribution >= 0.6 is 11.6 Å². The standard InChI is InChI=1S/C8H6ClNO4/c9-4-3-10-7-6(5(4)8(11)12)13-1-2-14-7/h3H,1-2H2,(H,11,12). The maximum Gasteiger partial charge on any atom is 0.341 e. The number of carbonyl (C=O) groups is 1. The number of carboxylic acid groups (broad SMARTS) is 1. The molecule has 2 rings (SSSR count). The zero-order valence-electron chi connectivity index (χ0n) is 6.99. The van der Waals surface area contributed by atoms with E-state index in [9.17, 15) is 4.79 Å². The second kappa shape index (κ2) is 3.34. The zero-order valence-corrected chi connectivity index (χ0v) is 7.74. The molecule has 0 radical (unpaired) electrons. The van der Waals surface area contributed by atoms with Crippen molar-refractivity contribution in [1.82, 2.24) is 4.98 Å². The lowest BCUT2D eigenvalue weighted by Gasteiger charge is -2.18. The lowest BCUT2D eigenvalue weighted by Crippen LogP contribution is -2.19. The summed E-state index contributed by atoms with van der Waals surface area (Å²) in [5.41, 5.74) is -0.101. The van der Waals surface area contributed by atoms with Crippen LogP contribution in [0.2, 0.25) is 5.02 Å². The molecule has 14 heavy (non-hydrogen) atoms. The number of ether oxygens (including phenoxy) is 2. The third kappa shape index (κ3) is 1.35. The molecule has 0 bridgehead atoms. The van der Waals surface area contributed by atoms with Gasteiger partial charge in [-0.25, -0.2) is 9.78 Å². The fraction of sp³-hybridized carbons (Fsp3) is 0.250. The Hall–Kier alpha value is -1.49. The van der Waals surface area contributed by atoms with E-state index < -0.39 is 5.97 Å². The Kier molecular flexibility index (Phi) is 2.17. The number of hydrogen-bond donors (Lipinski definition) is 1. The quantitative estimate of drug-likeness (QED) is 0.763. The summed E-state index contributed by atoms with van der Waals surface area (Å²) in [5, 5.41) is 8.92. The molecule has 0 amide bonds. The summed E-state index contributed by atoms with van der Waals surface area (Å²) in [7, 11) is 0. The number of nitrogens with zero attached hydrogens (tertiary/aromatic N) is 1. The van der Waals surface area contributed by atoms with Crippen molar-refractivity contribution in [2.45, 2.75) is 0 Å². The highest BCUT2D eigenvalue weighted by atomic mass is 35.5. The predicted molar refractivity (Wildman–Crippen MR) is 47.2 cm³/mol. The first kappa shape index (κ1) is 9.08. The van der Waals surface area contributed by atoms with Crippen LogP contribution in [-0.2, 0) is 0 Å². The van der Waals surface area contributed by atoms with E-state index in [0.717, 1.165) is 0 Å². The average Bonchev–Trinajstić information content (AvgIpc) is 2.17. The van der Waals surface area contributed by atoms with Crippen LogP contribution in [0, 0.1) is 0 Å². The Morgan fingerprint density at radius 1 is 1.50 bits per heavy atom. The second-order valence-electron chi connectivity index (χ2n) is 2.62. The van der Waals surface area contributed by atoms with Gasteiger partial charge in [0.1, 0.15) is 18.8 Å². The van der Waals surface area contributed by atoms with Gasteiger partial charge in [-0.3, -0.25) is 0 Å². The van der Waals surface area contributed by atoms with Gasteiger partial charge in [-0.05, 0) is 0 Å². The molecule has 1 aromatic heterocycles. The zero-order chi connectivity index (χ0) is 10.1. The molecule has 0 aromatic carbocycles. The highest BCUT2D eigenvalue weighted by Crippen LogP contribution is 2.35. The van der Waals surface area contributed by atoms with E-state index in [0.29, 0.717) is 13.2 Å². The molecule has 0 unspecified atom stereocenters. The van der Waals surface area contributed by atoms with Crippen molar-refractivity contribution in [2.24, 2.45) is 0 Å². The minimum Gasteiger partial charge on any atom is -0.484 e. The van der Waals surface area contributed by atoms with E-state index in [2.05, 4.69) is 4.98 Å². The topological polar surface area (TPSA) is 68.7 Å². The Balaban J connectivity index is 2.60. The lowest BCUT2D eigenvalue weighted by atomic mass is 10.2. The van der Waals surface area contributed by atoms with Gasteiger partial charge in [-0.15, -0.1) is 0 Å². The van der Waals surface area contributed by atoms with Crippen LogP contribution in [0.4, 0.5) is 0 Å². The monoisotopic (exact) mass is 215 g/mol. The van der Waals surface area contributed by atoms with Gasteiger partial charge < -0.3 is 14.6 Å². The minimum absolute atomic E-state index is 0.0433. The average molecular weight is 216 g/mol. The number of carboxylic acids is 1. The van der Waals surface area contributed by atoms with E-state index in [4.69, 9.17) is 26.2 Å². The van der Waals surface area contributed by atoms with E-state index in [1.165, 1.54) is 6.20 Å². The Morgan fingerprint density at radius 2 is 2.21 bits per heavy atom. The summed E-state index contributed by atoms with van der Waals surface area (Å²) in [6.07, 6.45) is 1.23. The molecule has 5 nitrogen and oxygen atoms in total. The van der Waals surface area contributed by atoms with Crippen LogP contribution in [0.3, 0.4) is 0 Å². The Morgan fingerprint density at radius 3 is 2.93 bits per heavy atom. The normalized spacial score (nSPS) is 13.8. The summed E-state index contributed by atoms with van der Waals surface area (Å²) < 4.78 is 10.3. The van der Waals surface area contributed by atoms with Crippen LogP contribution < -0.4 is 9.47 Å². The molecule has 0 spiro atoms. The molecule has 74 valence electrons. The predicted octanol–water partition coefficient (Wildman–Crippen LogP) is 1.20. The van der Waals surface area contributed by atoms with Gasteiger partial charge in [0, 0.05) is 0 Å². The van der Waals surface area contributed by atoms with Crippen LogP contribution in [0.15, 0.2) is 6.20 Å². The maximum atomic E-state index is 10.8. The van der Waals surface area contributed by atoms with Crippen LogP contribution in [0.1, 0.15) is 10.4 Å². The van der Waals surface area contributed by atoms with Crippen molar-refractivity contribution < 1.29 is 19.4 Å². The number of pyridine rings is 1. The summed E-state index contributed by atoms with van der Waals surface area (Å²) in [5.74, 6) is -0.867. The Bertz CT molecular complexity index is 393. The fourth-order valence-electron chi connectivity index (χ4n) is 1.17. The van der Waals surface area contributed by atoms with E-state index in [-0.39, 0.29) is 22.2 Å². The highest BCUT2D eigenvalue weighted by molar-refractivity contribution is 6.33. The fourth-order valence-corrected chi connectivity index (χ4v) is 1.39. The summed E-state index contributed by atoms with van der Waals surface area (Å²) in [4.78, 5) is 14.7. The van der Waals surface area contributed by atoms with Crippen molar-refractivity contribution >= 4 is 17.6 Å². The number of rotatable bonds is 1. The number of aromatic carboxylic acids is 1. The first-order chi connectivity index (χ1) is 6.70. The molecular weight excluding hydrogens is 210 g/mol. The summed E-state index contributed by atoms with van der Waals surface area (Å²) >= 11 is 5.68. The first-order valence-electron chi connectivity index (χ1n) is 3.87.